The number of Topliss-reactive ketones (excluding diaryl/α,β-unsaturated/α-hetero) is 1. The number of rotatable bonds is 4. The lowest BCUT2D eigenvalue weighted by Crippen LogP contribution is -2.71. The van der Waals surface area contributed by atoms with Crippen molar-refractivity contribution in [2.45, 2.75) is 157 Å². The molecule has 4 aliphatic rings. The molecule has 0 aromatic carbocycles. The minimum atomic E-state index is -1.50. The lowest BCUT2D eigenvalue weighted by molar-refractivity contribution is -0.977. The standard InChI is InChI=1S/C19H32NO.C8H18.C3H8O2.C2H6/c1-13-4-7-18-19(13,2)10-8-17-16-6-5-15(21)12-14(16)9-11-20(17,18)3;1-4-5-6-7-8(2)3;1-3(2,4)5;1-2/h13-14,16-18H,4-12H2,1-3H3;8H,4-7H2,1-3H3;4-5H,1-2H3;1-2H3/q+1;;;. The van der Waals surface area contributed by atoms with Crippen molar-refractivity contribution >= 4 is 5.78 Å². The zero-order valence-electron chi connectivity index (χ0n) is 25.9. The van der Waals surface area contributed by atoms with E-state index in [-0.39, 0.29) is 0 Å². The number of hydrogen-bond acceptors (Lipinski definition) is 3. The van der Waals surface area contributed by atoms with Gasteiger partial charge in [-0.25, -0.2) is 0 Å². The summed E-state index contributed by atoms with van der Waals surface area (Å²) in [6, 6.07) is 1.75. The molecule has 2 aliphatic heterocycles. The molecule has 7 unspecified atom stereocenters. The van der Waals surface area contributed by atoms with E-state index < -0.39 is 5.79 Å². The summed E-state index contributed by atoms with van der Waals surface area (Å²) in [5.74, 6) is 2.43. The third-order valence-electron chi connectivity index (χ3n) is 9.92. The fourth-order valence-corrected chi connectivity index (χ4v) is 7.91. The number of hydrogen-bond donors (Lipinski definition) is 2. The van der Waals surface area contributed by atoms with E-state index in [1.165, 1.54) is 89.1 Å². The third-order valence-corrected chi connectivity index (χ3v) is 9.92. The van der Waals surface area contributed by atoms with E-state index in [9.17, 15) is 4.79 Å². The highest BCUT2D eigenvalue weighted by atomic mass is 16.5. The quantitative estimate of drug-likeness (QED) is 0.231. The summed E-state index contributed by atoms with van der Waals surface area (Å²) in [6.45, 7) is 19.8. The van der Waals surface area contributed by atoms with Crippen molar-refractivity contribution in [2.24, 2.45) is 29.1 Å². The van der Waals surface area contributed by atoms with Crippen LogP contribution in [0.25, 0.3) is 0 Å². The van der Waals surface area contributed by atoms with E-state index in [1.807, 2.05) is 13.8 Å². The van der Waals surface area contributed by atoms with Crippen molar-refractivity contribution in [1.29, 1.82) is 0 Å². The fourth-order valence-electron chi connectivity index (χ4n) is 7.91. The highest BCUT2D eigenvalue weighted by Gasteiger charge is 2.62. The van der Waals surface area contributed by atoms with Gasteiger partial charge in [-0.3, -0.25) is 4.79 Å². The summed E-state index contributed by atoms with van der Waals surface area (Å²) < 4.78 is 1.36. The van der Waals surface area contributed by atoms with Crippen LogP contribution in [-0.4, -0.2) is 51.9 Å². The van der Waals surface area contributed by atoms with Gasteiger partial charge in [0.25, 0.3) is 0 Å². The zero-order valence-corrected chi connectivity index (χ0v) is 25.9. The van der Waals surface area contributed by atoms with Gasteiger partial charge in [-0.2, -0.15) is 0 Å². The van der Waals surface area contributed by atoms with E-state index in [4.69, 9.17) is 10.2 Å². The molecule has 0 radical (unpaired) electrons. The molecule has 214 valence electrons. The Kier molecular flexibility index (Phi) is 13.6. The van der Waals surface area contributed by atoms with Crippen LogP contribution in [0.1, 0.15) is 139 Å². The third kappa shape index (κ3) is 9.09. The number of quaternary nitrogens is 1. The topological polar surface area (TPSA) is 57.5 Å². The Bertz CT molecular complexity index is 636. The van der Waals surface area contributed by atoms with Gasteiger partial charge in [-0.1, -0.05) is 74.1 Å². The van der Waals surface area contributed by atoms with Gasteiger partial charge < -0.3 is 14.7 Å². The Morgan fingerprint density at radius 3 is 2.22 bits per heavy atom. The minimum absolute atomic E-state index is 0.544. The zero-order chi connectivity index (χ0) is 27.7. The molecule has 0 bridgehead atoms. The molecule has 2 heterocycles. The molecular formula is C32H64NO3+. The SMILES string of the molecule is CC.CC(C)(O)O.CC1CCC2C1(C)CCC1C3CCC(=O)CC3CC[N+]12C.CCCCCC(C)C. The Morgan fingerprint density at radius 1 is 1.06 bits per heavy atom. The number of unbranched alkanes of at least 4 members (excludes halogenated alkanes) is 2. The van der Waals surface area contributed by atoms with Crippen LogP contribution in [0.15, 0.2) is 0 Å². The first-order valence-corrected chi connectivity index (χ1v) is 15.5. The molecule has 4 nitrogen and oxygen atoms in total. The molecule has 2 saturated carbocycles. The monoisotopic (exact) mass is 510 g/mol. The number of fused-ring (bicyclic) bond motifs is 5. The second-order valence-electron chi connectivity index (χ2n) is 13.6. The maximum absolute atomic E-state index is 11.8. The van der Waals surface area contributed by atoms with Crippen LogP contribution in [0.2, 0.25) is 0 Å². The molecule has 0 amide bonds. The Labute approximate surface area is 225 Å². The molecule has 36 heavy (non-hydrogen) atoms. The summed E-state index contributed by atoms with van der Waals surface area (Å²) in [6.07, 6.45) is 15.6. The average Bonchev–Trinajstić information content (AvgIpc) is 3.10. The van der Waals surface area contributed by atoms with Crippen LogP contribution in [0.4, 0.5) is 0 Å². The molecular weight excluding hydrogens is 446 g/mol. The summed E-state index contributed by atoms with van der Waals surface area (Å²) in [5, 5.41) is 16.2. The van der Waals surface area contributed by atoms with Crippen molar-refractivity contribution < 1.29 is 19.5 Å². The number of aliphatic hydroxyl groups is 2. The molecule has 0 aromatic heterocycles. The summed E-state index contributed by atoms with van der Waals surface area (Å²) >= 11 is 0. The van der Waals surface area contributed by atoms with Crippen molar-refractivity contribution in [1.82, 2.24) is 0 Å². The van der Waals surface area contributed by atoms with Crippen molar-refractivity contribution in [3.63, 3.8) is 0 Å². The predicted octanol–water partition coefficient (Wildman–Crippen LogP) is 7.75. The van der Waals surface area contributed by atoms with E-state index in [2.05, 4.69) is 41.7 Å². The van der Waals surface area contributed by atoms with Crippen LogP contribution in [-0.2, 0) is 4.79 Å². The van der Waals surface area contributed by atoms with E-state index in [0.717, 1.165) is 48.6 Å². The van der Waals surface area contributed by atoms with Gasteiger partial charge in [-0.15, -0.1) is 0 Å². The number of carbonyl (C=O) groups is 1. The Morgan fingerprint density at radius 2 is 1.67 bits per heavy atom. The molecule has 2 saturated heterocycles. The number of ketones is 1. The van der Waals surface area contributed by atoms with Crippen molar-refractivity contribution in [3.05, 3.63) is 0 Å². The molecule has 0 aromatic rings. The van der Waals surface area contributed by atoms with Gasteiger partial charge in [0.15, 0.2) is 5.79 Å². The Hall–Kier alpha value is -0.450. The first kappa shape index (κ1) is 33.6. The maximum Gasteiger partial charge on any atom is 0.156 e. The Balaban J connectivity index is 0.000000362. The van der Waals surface area contributed by atoms with Gasteiger partial charge in [-0.05, 0) is 50.9 Å². The van der Waals surface area contributed by atoms with Crippen LogP contribution in [0.3, 0.4) is 0 Å². The number of carbonyl (C=O) groups excluding carboxylic acids is 1. The normalized spacial score (nSPS) is 37.1. The van der Waals surface area contributed by atoms with Crippen LogP contribution in [0, 0.1) is 29.1 Å². The van der Waals surface area contributed by atoms with E-state index in [1.54, 1.807) is 0 Å². The van der Waals surface area contributed by atoms with Gasteiger partial charge >= 0.3 is 0 Å². The maximum atomic E-state index is 11.8. The lowest BCUT2D eigenvalue weighted by Gasteiger charge is -2.62. The number of piperidine rings is 2. The largest absolute Gasteiger partial charge is 0.366 e. The first-order valence-electron chi connectivity index (χ1n) is 15.5. The first-order chi connectivity index (χ1) is 16.7. The van der Waals surface area contributed by atoms with E-state index in [0.29, 0.717) is 11.2 Å². The fraction of sp³-hybridized carbons (Fsp3) is 0.969. The van der Waals surface area contributed by atoms with Crippen LogP contribution >= 0.6 is 0 Å². The second kappa shape index (κ2) is 14.6. The molecule has 2 aliphatic carbocycles. The highest BCUT2D eigenvalue weighted by Crippen LogP contribution is 2.58. The van der Waals surface area contributed by atoms with Crippen molar-refractivity contribution in [2.75, 3.05) is 13.6 Å². The predicted molar refractivity (Wildman–Crippen MR) is 154 cm³/mol. The van der Waals surface area contributed by atoms with Gasteiger partial charge in [0, 0.05) is 43.4 Å². The van der Waals surface area contributed by atoms with Crippen molar-refractivity contribution in [3.8, 4) is 0 Å². The van der Waals surface area contributed by atoms with E-state index >= 15 is 0 Å². The lowest BCUT2D eigenvalue weighted by atomic mass is 9.61. The number of nitrogens with zero attached hydrogens (tertiary/aromatic N) is 1. The van der Waals surface area contributed by atoms with Gasteiger partial charge in [0.1, 0.15) is 5.78 Å². The molecule has 7 atom stereocenters. The summed E-state index contributed by atoms with van der Waals surface area (Å²) in [5.41, 5.74) is 0.586. The molecule has 4 fully saturated rings. The summed E-state index contributed by atoms with van der Waals surface area (Å²) in [4.78, 5) is 11.8. The van der Waals surface area contributed by atoms with Gasteiger partial charge in [0.2, 0.25) is 0 Å². The molecule has 4 rings (SSSR count). The van der Waals surface area contributed by atoms with Crippen LogP contribution in [0.5, 0.6) is 0 Å². The minimum Gasteiger partial charge on any atom is -0.366 e. The molecule has 2 N–H and O–H groups in total. The van der Waals surface area contributed by atoms with Gasteiger partial charge in [0.05, 0.1) is 25.7 Å². The summed E-state index contributed by atoms with van der Waals surface area (Å²) in [7, 11) is 2.58. The molecule has 0 spiro atoms. The average molecular weight is 511 g/mol. The van der Waals surface area contributed by atoms with Crippen LogP contribution < -0.4 is 0 Å². The molecule has 4 heteroatoms. The second-order valence-corrected chi connectivity index (χ2v) is 13.6. The smallest absolute Gasteiger partial charge is 0.156 e. The highest BCUT2D eigenvalue weighted by molar-refractivity contribution is 5.79.